The molecule has 3 nitrogen and oxygen atoms in total. The van der Waals surface area contributed by atoms with E-state index in [4.69, 9.17) is 10.5 Å². The molecule has 0 aromatic heterocycles. The molecule has 0 bridgehead atoms. The van der Waals surface area contributed by atoms with E-state index in [1.54, 1.807) is 7.11 Å². The summed E-state index contributed by atoms with van der Waals surface area (Å²) in [4.78, 5) is 2.27. The maximum absolute atomic E-state index is 6.04. The fourth-order valence-corrected chi connectivity index (χ4v) is 2.32. The van der Waals surface area contributed by atoms with E-state index in [-0.39, 0.29) is 5.54 Å². The van der Waals surface area contributed by atoms with Crippen LogP contribution < -0.4 is 10.5 Å². The Morgan fingerprint density at radius 2 is 1.79 bits per heavy atom. The lowest BCUT2D eigenvalue weighted by molar-refractivity contribution is 0.272. The normalized spacial score (nSPS) is 12.0. The van der Waals surface area contributed by atoms with Crippen LogP contribution >= 0.6 is 0 Å². The molecule has 0 saturated heterocycles. The van der Waals surface area contributed by atoms with Crippen LogP contribution in [0.25, 0.3) is 0 Å². The number of nitrogens with two attached hydrogens (primary N) is 1. The second-order valence-electron chi connectivity index (χ2n) is 6.22. The molecule has 1 aromatic carbocycles. The second kappa shape index (κ2) is 6.40. The van der Waals surface area contributed by atoms with Crippen molar-refractivity contribution in [2.24, 2.45) is 5.73 Å². The highest BCUT2D eigenvalue weighted by atomic mass is 16.5. The van der Waals surface area contributed by atoms with Gasteiger partial charge in [0.15, 0.2) is 0 Å². The maximum Gasteiger partial charge on any atom is 0.122 e. The predicted octanol–water partition coefficient (Wildman–Crippen LogP) is 2.52. The highest BCUT2D eigenvalue weighted by molar-refractivity contribution is 5.41. The Bertz CT molecular complexity index is 421. The Morgan fingerprint density at radius 3 is 2.32 bits per heavy atom. The van der Waals surface area contributed by atoms with Gasteiger partial charge in [-0.3, -0.25) is 0 Å². The van der Waals surface area contributed by atoms with Crippen molar-refractivity contribution in [2.45, 2.75) is 39.7 Å². The van der Waals surface area contributed by atoms with Crippen molar-refractivity contribution in [3.05, 3.63) is 28.8 Å². The molecule has 19 heavy (non-hydrogen) atoms. The summed E-state index contributed by atoms with van der Waals surface area (Å²) in [5, 5.41) is 0. The molecular weight excluding hydrogens is 236 g/mol. The number of hydrogen-bond acceptors (Lipinski definition) is 3. The molecule has 0 spiro atoms. The van der Waals surface area contributed by atoms with E-state index in [1.807, 2.05) is 0 Å². The SMILES string of the molecule is COc1cc(C)c(C)cc1CCN(C)CC(C)(C)N. The number of hydrogen-bond donors (Lipinski definition) is 1. The standard InChI is InChI=1S/C16H28N2O/c1-12-9-14(15(19-6)10-13(12)2)7-8-18(5)11-16(3,4)17/h9-10H,7-8,11,17H2,1-6H3. The van der Waals surface area contributed by atoms with Gasteiger partial charge in [-0.1, -0.05) is 6.07 Å². The largest absolute Gasteiger partial charge is 0.496 e. The number of benzene rings is 1. The maximum atomic E-state index is 6.04. The molecule has 0 aliphatic rings. The lowest BCUT2D eigenvalue weighted by Crippen LogP contribution is -2.44. The molecule has 1 rings (SSSR count). The lowest BCUT2D eigenvalue weighted by atomic mass is 10.0. The first-order valence-electron chi connectivity index (χ1n) is 6.84. The third-order valence-corrected chi connectivity index (χ3v) is 3.34. The molecule has 0 fully saturated rings. The zero-order valence-electron chi connectivity index (χ0n) is 13.2. The third-order valence-electron chi connectivity index (χ3n) is 3.34. The molecule has 0 unspecified atom stereocenters. The van der Waals surface area contributed by atoms with Gasteiger partial charge in [-0.05, 0) is 63.9 Å². The van der Waals surface area contributed by atoms with Crippen LogP contribution in [0, 0.1) is 13.8 Å². The van der Waals surface area contributed by atoms with Crippen LogP contribution in [-0.2, 0) is 6.42 Å². The third kappa shape index (κ3) is 5.21. The first-order valence-corrected chi connectivity index (χ1v) is 6.84. The summed E-state index contributed by atoms with van der Waals surface area (Å²) < 4.78 is 5.47. The van der Waals surface area contributed by atoms with E-state index in [0.29, 0.717) is 0 Å². The van der Waals surface area contributed by atoms with Gasteiger partial charge in [-0.25, -0.2) is 0 Å². The number of aryl methyl sites for hydroxylation is 2. The molecular formula is C16H28N2O. The smallest absolute Gasteiger partial charge is 0.122 e. The van der Waals surface area contributed by atoms with Gasteiger partial charge in [0.1, 0.15) is 5.75 Å². The summed E-state index contributed by atoms with van der Waals surface area (Å²) in [7, 11) is 3.85. The highest BCUT2D eigenvalue weighted by Crippen LogP contribution is 2.23. The van der Waals surface area contributed by atoms with Gasteiger partial charge in [0.05, 0.1) is 7.11 Å². The fraction of sp³-hybridized carbons (Fsp3) is 0.625. The topological polar surface area (TPSA) is 38.5 Å². The van der Waals surface area contributed by atoms with Gasteiger partial charge in [0.25, 0.3) is 0 Å². The second-order valence-corrected chi connectivity index (χ2v) is 6.22. The van der Waals surface area contributed by atoms with E-state index in [9.17, 15) is 0 Å². The molecule has 0 atom stereocenters. The minimum absolute atomic E-state index is 0.151. The van der Waals surface area contributed by atoms with Crippen molar-refractivity contribution in [1.82, 2.24) is 4.90 Å². The summed E-state index contributed by atoms with van der Waals surface area (Å²) in [6.07, 6.45) is 0.983. The number of methoxy groups -OCH3 is 1. The van der Waals surface area contributed by atoms with Crippen molar-refractivity contribution in [1.29, 1.82) is 0 Å². The van der Waals surface area contributed by atoms with Gasteiger partial charge in [-0.15, -0.1) is 0 Å². The van der Waals surface area contributed by atoms with Gasteiger partial charge < -0.3 is 15.4 Å². The molecule has 3 heteroatoms. The van der Waals surface area contributed by atoms with Crippen molar-refractivity contribution >= 4 is 0 Å². The minimum atomic E-state index is -0.151. The van der Waals surface area contributed by atoms with Gasteiger partial charge >= 0.3 is 0 Å². The number of likely N-dealkylation sites (N-methyl/N-ethyl adjacent to an activating group) is 1. The van der Waals surface area contributed by atoms with Crippen molar-refractivity contribution < 1.29 is 4.74 Å². The highest BCUT2D eigenvalue weighted by Gasteiger charge is 2.14. The summed E-state index contributed by atoms with van der Waals surface area (Å²) in [5.41, 5.74) is 9.75. The zero-order chi connectivity index (χ0) is 14.6. The molecule has 108 valence electrons. The van der Waals surface area contributed by atoms with Crippen LogP contribution in [-0.4, -0.2) is 37.7 Å². The molecule has 0 aliphatic carbocycles. The Labute approximate surface area is 117 Å². The van der Waals surface area contributed by atoms with Crippen LogP contribution in [0.3, 0.4) is 0 Å². The number of rotatable bonds is 6. The average Bonchev–Trinajstić information content (AvgIpc) is 2.28. The fourth-order valence-electron chi connectivity index (χ4n) is 2.32. The van der Waals surface area contributed by atoms with Gasteiger partial charge in [0.2, 0.25) is 0 Å². The monoisotopic (exact) mass is 264 g/mol. The first-order chi connectivity index (χ1) is 8.73. The average molecular weight is 264 g/mol. The lowest BCUT2D eigenvalue weighted by Gasteiger charge is -2.26. The summed E-state index contributed by atoms with van der Waals surface area (Å²) in [6.45, 7) is 10.2. The molecule has 2 N–H and O–H groups in total. The van der Waals surface area contributed by atoms with Crippen molar-refractivity contribution in [3.8, 4) is 5.75 Å². The predicted molar refractivity (Wildman–Crippen MR) is 81.9 cm³/mol. The van der Waals surface area contributed by atoms with E-state index >= 15 is 0 Å². The number of ether oxygens (including phenoxy) is 1. The first kappa shape index (κ1) is 16.0. The molecule has 0 amide bonds. The van der Waals surface area contributed by atoms with Crippen molar-refractivity contribution in [2.75, 3.05) is 27.2 Å². The molecule has 1 aromatic rings. The van der Waals surface area contributed by atoms with Gasteiger partial charge in [-0.2, -0.15) is 0 Å². The summed E-state index contributed by atoms with van der Waals surface area (Å²) >= 11 is 0. The van der Waals surface area contributed by atoms with Gasteiger partial charge in [0, 0.05) is 18.6 Å². The van der Waals surface area contributed by atoms with E-state index < -0.39 is 0 Å². The molecule has 0 heterocycles. The molecule has 0 saturated carbocycles. The molecule has 0 radical (unpaired) electrons. The van der Waals surface area contributed by atoms with E-state index in [1.165, 1.54) is 16.7 Å². The Hall–Kier alpha value is -1.06. The summed E-state index contributed by atoms with van der Waals surface area (Å²) in [5.74, 6) is 0.989. The van der Waals surface area contributed by atoms with E-state index in [0.717, 1.165) is 25.3 Å². The Balaban J connectivity index is 2.69. The zero-order valence-corrected chi connectivity index (χ0v) is 13.2. The van der Waals surface area contributed by atoms with E-state index in [2.05, 4.69) is 51.8 Å². The van der Waals surface area contributed by atoms with Crippen molar-refractivity contribution in [3.63, 3.8) is 0 Å². The van der Waals surface area contributed by atoms with Crippen LogP contribution in [0.2, 0.25) is 0 Å². The van der Waals surface area contributed by atoms with Crippen LogP contribution in [0.5, 0.6) is 5.75 Å². The Kier molecular flexibility index (Phi) is 5.39. The summed E-state index contributed by atoms with van der Waals surface area (Å²) in [6, 6.07) is 4.35. The molecule has 0 aliphatic heterocycles. The van der Waals surface area contributed by atoms with Crippen LogP contribution in [0.15, 0.2) is 12.1 Å². The Morgan fingerprint density at radius 1 is 1.21 bits per heavy atom. The quantitative estimate of drug-likeness (QED) is 0.858. The minimum Gasteiger partial charge on any atom is -0.496 e. The van der Waals surface area contributed by atoms with Crippen LogP contribution in [0.4, 0.5) is 0 Å². The number of nitrogens with zero attached hydrogens (tertiary/aromatic N) is 1. The van der Waals surface area contributed by atoms with Crippen LogP contribution in [0.1, 0.15) is 30.5 Å².